The van der Waals surface area contributed by atoms with E-state index >= 15 is 0 Å². The number of sulfonamides is 1. The summed E-state index contributed by atoms with van der Waals surface area (Å²) in [5.41, 5.74) is 1.95. The summed E-state index contributed by atoms with van der Waals surface area (Å²) in [6, 6.07) is 7.54. The van der Waals surface area contributed by atoms with Crippen LogP contribution in [0.1, 0.15) is 18.1 Å². The smallest absolute Gasteiger partial charge is 0.256 e. The highest BCUT2D eigenvalue weighted by atomic mass is 32.2. The van der Waals surface area contributed by atoms with E-state index in [1.807, 2.05) is 38.1 Å². The van der Waals surface area contributed by atoms with Gasteiger partial charge in [-0.3, -0.25) is 4.72 Å². The van der Waals surface area contributed by atoms with E-state index < -0.39 is 10.0 Å². The zero-order valence-electron chi connectivity index (χ0n) is 10.3. The van der Waals surface area contributed by atoms with E-state index in [0.29, 0.717) is 6.54 Å². The molecule has 0 atom stereocenters. The number of thiocarbonyl (C=S) groups is 1. The molecule has 1 rings (SSSR count). The molecule has 0 unspecified atom stereocenters. The summed E-state index contributed by atoms with van der Waals surface area (Å²) in [5.74, 6) is 0. The number of hydrogen-bond acceptors (Lipinski definition) is 3. The van der Waals surface area contributed by atoms with Crippen LogP contribution >= 0.6 is 12.2 Å². The van der Waals surface area contributed by atoms with Crippen LogP contribution in [0.5, 0.6) is 0 Å². The van der Waals surface area contributed by atoms with Crippen molar-refractivity contribution in [3.63, 3.8) is 0 Å². The molecular weight excluding hydrogens is 268 g/mol. The zero-order valence-corrected chi connectivity index (χ0v) is 11.9. The first kappa shape index (κ1) is 14.7. The van der Waals surface area contributed by atoms with E-state index in [0.717, 1.165) is 16.5 Å². The highest BCUT2D eigenvalue weighted by Crippen LogP contribution is 2.05. The van der Waals surface area contributed by atoms with Crippen LogP contribution in [-0.2, 0) is 10.0 Å². The van der Waals surface area contributed by atoms with Gasteiger partial charge in [0, 0.05) is 6.54 Å². The Balaban J connectivity index is 2.70. The van der Waals surface area contributed by atoms with Gasteiger partial charge in [-0.15, -0.1) is 0 Å². The standard InChI is InChI=1S/C12H16N2O2S2/c1-3-13-12(17)14-18(15,16)9-8-11-6-4-10(2)5-7-11/h4-9H,3H2,1-2H3,(H2,13,14,17). The van der Waals surface area contributed by atoms with Crippen LogP contribution < -0.4 is 10.0 Å². The molecule has 0 aliphatic rings. The van der Waals surface area contributed by atoms with Crippen LogP contribution in [0.25, 0.3) is 6.08 Å². The molecule has 0 aliphatic heterocycles. The molecule has 0 aromatic heterocycles. The lowest BCUT2D eigenvalue weighted by atomic mass is 10.2. The molecule has 98 valence electrons. The van der Waals surface area contributed by atoms with Gasteiger partial charge in [-0.1, -0.05) is 29.8 Å². The highest BCUT2D eigenvalue weighted by Gasteiger charge is 2.06. The second-order valence-corrected chi connectivity index (χ2v) is 5.69. The van der Waals surface area contributed by atoms with E-state index in [1.165, 1.54) is 6.08 Å². The molecule has 0 saturated carbocycles. The molecule has 0 spiro atoms. The Kier molecular flexibility index (Phi) is 5.30. The first-order valence-electron chi connectivity index (χ1n) is 5.48. The maximum Gasteiger partial charge on any atom is 0.256 e. The Bertz CT molecular complexity index is 534. The maximum atomic E-state index is 11.6. The van der Waals surface area contributed by atoms with E-state index in [2.05, 4.69) is 10.0 Å². The summed E-state index contributed by atoms with van der Waals surface area (Å²) in [6.07, 6.45) is 1.52. The largest absolute Gasteiger partial charge is 0.362 e. The van der Waals surface area contributed by atoms with Gasteiger partial charge < -0.3 is 5.32 Å². The van der Waals surface area contributed by atoms with Crippen molar-refractivity contribution >= 4 is 33.4 Å². The molecule has 0 heterocycles. The molecule has 1 aromatic rings. The van der Waals surface area contributed by atoms with Crippen molar-refractivity contribution in [2.45, 2.75) is 13.8 Å². The van der Waals surface area contributed by atoms with Crippen LogP contribution in [0, 0.1) is 6.92 Å². The third-order valence-corrected chi connectivity index (χ3v) is 3.45. The number of benzene rings is 1. The van der Waals surface area contributed by atoms with Crippen molar-refractivity contribution in [1.29, 1.82) is 0 Å². The average Bonchev–Trinajstić information content (AvgIpc) is 2.28. The molecule has 0 bridgehead atoms. The third kappa shape index (κ3) is 5.29. The number of aryl methyl sites for hydroxylation is 1. The Hall–Kier alpha value is -1.40. The van der Waals surface area contributed by atoms with Gasteiger partial charge in [-0.2, -0.15) is 0 Å². The summed E-state index contributed by atoms with van der Waals surface area (Å²) >= 11 is 4.81. The molecular formula is C12H16N2O2S2. The molecule has 2 N–H and O–H groups in total. The summed E-state index contributed by atoms with van der Waals surface area (Å²) in [6.45, 7) is 4.38. The third-order valence-electron chi connectivity index (χ3n) is 2.09. The van der Waals surface area contributed by atoms with Gasteiger partial charge in [0.15, 0.2) is 5.11 Å². The van der Waals surface area contributed by atoms with Crippen LogP contribution in [0.2, 0.25) is 0 Å². The second-order valence-electron chi connectivity index (χ2n) is 3.72. The van der Waals surface area contributed by atoms with Gasteiger partial charge in [0.2, 0.25) is 0 Å². The first-order chi connectivity index (χ1) is 8.43. The van der Waals surface area contributed by atoms with Crippen LogP contribution in [0.4, 0.5) is 0 Å². The van der Waals surface area contributed by atoms with Crippen LogP contribution in [-0.4, -0.2) is 20.1 Å². The highest BCUT2D eigenvalue weighted by molar-refractivity contribution is 7.94. The predicted octanol–water partition coefficient (Wildman–Crippen LogP) is 1.78. The Morgan fingerprint density at radius 1 is 1.33 bits per heavy atom. The van der Waals surface area contributed by atoms with E-state index in [9.17, 15) is 8.42 Å². The lowest BCUT2D eigenvalue weighted by Crippen LogP contribution is -2.37. The molecule has 0 radical (unpaired) electrons. The number of rotatable bonds is 4. The molecule has 0 amide bonds. The lowest BCUT2D eigenvalue weighted by molar-refractivity contribution is 0.601. The fraction of sp³-hybridized carbons (Fsp3) is 0.250. The minimum Gasteiger partial charge on any atom is -0.362 e. The molecule has 1 aromatic carbocycles. The molecule has 0 fully saturated rings. The predicted molar refractivity (Wildman–Crippen MR) is 78.5 cm³/mol. The maximum absolute atomic E-state index is 11.6. The van der Waals surface area contributed by atoms with Gasteiger partial charge in [0.1, 0.15) is 0 Å². The summed E-state index contributed by atoms with van der Waals surface area (Å²) < 4.78 is 25.5. The van der Waals surface area contributed by atoms with Crippen molar-refractivity contribution < 1.29 is 8.42 Å². The van der Waals surface area contributed by atoms with Crippen molar-refractivity contribution in [3.8, 4) is 0 Å². The average molecular weight is 284 g/mol. The van der Waals surface area contributed by atoms with E-state index in [4.69, 9.17) is 12.2 Å². The van der Waals surface area contributed by atoms with Gasteiger partial charge in [-0.25, -0.2) is 8.42 Å². The summed E-state index contributed by atoms with van der Waals surface area (Å²) in [7, 11) is -3.55. The van der Waals surface area contributed by atoms with E-state index in [1.54, 1.807) is 0 Å². The summed E-state index contributed by atoms with van der Waals surface area (Å²) in [5, 5.41) is 3.92. The quantitative estimate of drug-likeness (QED) is 0.828. The van der Waals surface area contributed by atoms with Crippen LogP contribution in [0.15, 0.2) is 29.7 Å². The first-order valence-corrected chi connectivity index (χ1v) is 7.44. The second kappa shape index (κ2) is 6.51. The van der Waals surface area contributed by atoms with Gasteiger partial charge in [0.25, 0.3) is 10.0 Å². The van der Waals surface area contributed by atoms with Crippen molar-refractivity contribution in [2.75, 3.05) is 6.54 Å². The topological polar surface area (TPSA) is 58.2 Å². The SMILES string of the molecule is CCNC(=S)NS(=O)(=O)C=Cc1ccc(C)cc1. The van der Waals surface area contributed by atoms with Crippen LogP contribution in [0.3, 0.4) is 0 Å². The van der Waals surface area contributed by atoms with Gasteiger partial charge in [0.05, 0.1) is 5.41 Å². The molecule has 6 heteroatoms. The van der Waals surface area contributed by atoms with Crippen molar-refractivity contribution in [1.82, 2.24) is 10.0 Å². The lowest BCUT2D eigenvalue weighted by Gasteiger charge is -2.06. The summed E-state index contributed by atoms with van der Waals surface area (Å²) in [4.78, 5) is 0. The fourth-order valence-electron chi connectivity index (χ4n) is 1.21. The number of nitrogens with one attached hydrogen (secondary N) is 2. The monoisotopic (exact) mass is 284 g/mol. The molecule has 4 nitrogen and oxygen atoms in total. The Morgan fingerprint density at radius 3 is 2.50 bits per heavy atom. The Morgan fingerprint density at radius 2 is 1.94 bits per heavy atom. The van der Waals surface area contributed by atoms with E-state index in [-0.39, 0.29) is 5.11 Å². The minimum absolute atomic E-state index is 0.103. The zero-order chi connectivity index (χ0) is 13.6. The van der Waals surface area contributed by atoms with Crippen molar-refractivity contribution in [2.24, 2.45) is 0 Å². The van der Waals surface area contributed by atoms with Crippen molar-refractivity contribution in [3.05, 3.63) is 40.8 Å². The fourth-order valence-corrected chi connectivity index (χ4v) is 2.43. The number of hydrogen-bond donors (Lipinski definition) is 2. The van der Waals surface area contributed by atoms with Gasteiger partial charge in [-0.05, 0) is 37.7 Å². The Labute approximate surface area is 113 Å². The molecule has 18 heavy (non-hydrogen) atoms. The normalized spacial score (nSPS) is 11.4. The molecule has 0 saturated heterocycles. The minimum atomic E-state index is -3.55. The van der Waals surface area contributed by atoms with Gasteiger partial charge >= 0.3 is 0 Å². The molecule has 0 aliphatic carbocycles.